The quantitative estimate of drug-likeness (QED) is 0.515. The van der Waals surface area contributed by atoms with Crippen molar-refractivity contribution in [1.82, 2.24) is 5.32 Å². The molecule has 2 unspecified atom stereocenters. The normalized spacial score (nSPS) is 30.7. The highest BCUT2D eigenvalue weighted by Gasteiger charge is 2.54. The number of rotatable bonds is 5. The molecule has 2 atom stereocenters. The van der Waals surface area contributed by atoms with Gasteiger partial charge in [-0.15, -0.1) is 0 Å². The SMILES string of the molecule is NCC(=O)NC1(C=O)CC1CC=O. The molecule has 1 fully saturated rings. The standard InChI is InChI=1S/C8H12N2O3/c9-4-7(13)10-8(5-12)3-6(8)1-2-11/h2,5-6H,1,3-4,9H2,(H,10,13). The van der Waals surface area contributed by atoms with E-state index < -0.39 is 5.54 Å². The molecule has 0 aliphatic heterocycles. The molecule has 5 heteroatoms. The van der Waals surface area contributed by atoms with Gasteiger partial charge in [0, 0.05) is 6.42 Å². The highest BCUT2D eigenvalue weighted by atomic mass is 16.2. The molecule has 0 heterocycles. The summed E-state index contributed by atoms with van der Waals surface area (Å²) >= 11 is 0. The molecule has 1 aliphatic rings. The van der Waals surface area contributed by atoms with Crippen molar-refractivity contribution >= 4 is 18.5 Å². The zero-order valence-corrected chi connectivity index (χ0v) is 7.16. The molecule has 3 N–H and O–H groups in total. The smallest absolute Gasteiger partial charge is 0.234 e. The highest BCUT2D eigenvalue weighted by Crippen LogP contribution is 2.43. The average Bonchev–Trinajstić information content (AvgIpc) is 2.80. The van der Waals surface area contributed by atoms with E-state index >= 15 is 0 Å². The Morgan fingerprint density at radius 1 is 1.62 bits per heavy atom. The third-order valence-corrected chi connectivity index (χ3v) is 2.30. The van der Waals surface area contributed by atoms with Gasteiger partial charge in [-0.3, -0.25) is 4.79 Å². The second kappa shape index (κ2) is 3.66. The van der Waals surface area contributed by atoms with E-state index in [2.05, 4.69) is 5.32 Å². The Morgan fingerprint density at radius 2 is 2.31 bits per heavy atom. The lowest BCUT2D eigenvalue weighted by molar-refractivity contribution is -0.123. The monoisotopic (exact) mass is 184 g/mol. The minimum Gasteiger partial charge on any atom is -0.342 e. The summed E-state index contributed by atoms with van der Waals surface area (Å²) in [6.45, 7) is -0.136. The second-order valence-corrected chi connectivity index (χ2v) is 3.21. The van der Waals surface area contributed by atoms with Crippen molar-refractivity contribution in [2.75, 3.05) is 6.54 Å². The van der Waals surface area contributed by atoms with Crippen molar-refractivity contribution in [3.05, 3.63) is 0 Å². The van der Waals surface area contributed by atoms with Crippen molar-refractivity contribution in [1.29, 1.82) is 0 Å². The van der Waals surface area contributed by atoms with Gasteiger partial charge in [0.2, 0.25) is 5.91 Å². The van der Waals surface area contributed by atoms with Gasteiger partial charge >= 0.3 is 0 Å². The number of carbonyl (C=O) groups excluding carboxylic acids is 3. The van der Waals surface area contributed by atoms with E-state index in [4.69, 9.17) is 5.73 Å². The Bertz CT molecular complexity index is 242. The lowest BCUT2D eigenvalue weighted by atomic mass is 10.2. The average molecular weight is 184 g/mol. The number of amides is 1. The van der Waals surface area contributed by atoms with Crippen LogP contribution in [0.25, 0.3) is 0 Å². The molecule has 0 aromatic rings. The molecule has 1 rings (SSSR count). The zero-order chi connectivity index (χ0) is 9.90. The summed E-state index contributed by atoms with van der Waals surface area (Å²) in [5, 5.41) is 2.51. The number of aldehydes is 2. The number of nitrogens with one attached hydrogen (secondary N) is 1. The van der Waals surface area contributed by atoms with Crippen molar-refractivity contribution in [3.8, 4) is 0 Å². The largest absolute Gasteiger partial charge is 0.342 e. The Labute approximate surface area is 75.7 Å². The summed E-state index contributed by atoms with van der Waals surface area (Å²) in [6.07, 6.45) is 2.30. The fourth-order valence-corrected chi connectivity index (χ4v) is 1.40. The Hall–Kier alpha value is -1.23. The molecule has 5 nitrogen and oxygen atoms in total. The van der Waals surface area contributed by atoms with Crippen LogP contribution >= 0.6 is 0 Å². The van der Waals surface area contributed by atoms with Gasteiger partial charge in [-0.25, -0.2) is 0 Å². The van der Waals surface area contributed by atoms with Crippen molar-refractivity contribution in [2.45, 2.75) is 18.4 Å². The van der Waals surface area contributed by atoms with E-state index in [1.54, 1.807) is 0 Å². The molecule has 0 saturated heterocycles. The molecule has 72 valence electrons. The maximum Gasteiger partial charge on any atom is 0.234 e. The molecule has 13 heavy (non-hydrogen) atoms. The van der Waals surface area contributed by atoms with Crippen LogP contribution in [0.1, 0.15) is 12.8 Å². The van der Waals surface area contributed by atoms with Crippen LogP contribution in [-0.2, 0) is 14.4 Å². The Balaban J connectivity index is 2.50. The van der Waals surface area contributed by atoms with Crippen molar-refractivity contribution < 1.29 is 14.4 Å². The molecule has 1 amide bonds. The fraction of sp³-hybridized carbons (Fsp3) is 0.625. The summed E-state index contributed by atoms with van der Waals surface area (Å²) in [5.41, 5.74) is 4.28. The Morgan fingerprint density at radius 3 is 2.77 bits per heavy atom. The first-order chi connectivity index (χ1) is 6.18. The maximum absolute atomic E-state index is 10.9. The number of hydrogen-bond acceptors (Lipinski definition) is 4. The van der Waals surface area contributed by atoms with Crippen LogP contribution in [0.4, 0.5) is 0 Å². The molecule has 0 bridgehead atoms. The van der Waals surface area contributed by atoms with Gasteiger partial charge in [0.05, 0.1) is 12.1 Å². The molecule has 0 aromatic carbocycles. The van der Waals surface area contributed by atoms with Gasteiger partial charge in [0.15, 0.2) is 0 Å². The van der Waals surface area contributed by atoms with Gasteiger partial charge < -0.3 is 20.6 Å². The summed E-state index contributed by atoms with van der Waals surface area (Å²) in [7, 11) is 0. The van der Waals surface area contributed by atoms with Gasteiger partial charge in [-0.1, -0.05) is 0 Å². The maximum atomic E-state index is 10.9. The van der Waals surface area contributed by atoms with Crippen LogP contribution in [0.2, 0.25) is 0 Å². The van der Waals surface area contributed by atoms with E-state index in [0.717, 1.165) is 6.29 Å². The van der Waals surface area contributed by atoms with E-state index in [1.165, 1.54) is 0 Å². The number of hydrogen-bond donors (Lipinski definition) is 2. The first-order valence-electron chi connectivity index (χ1n) is 4.09. The minimum absolute atomic E-state index is 0.0435. The molecule has 0 radical (unpaired) electrons. The molecule has 0 spiro atoms. The molecular weight excluding hydrogens is 172 g/mol. The van der Waals surface area contributed by atoms with Crippen LogP contribution in [0.5, 0.6) is 0 Å². The first-order valence-corrected chi connectivity index (χ1v) is 4.09. The topological polar surface area (TPSA) is 89.3 Å². The van der Waals surface area contributed by atoms with E-state index in [0.29, 0.717) is 19.1 Å². The Kier molecular flexibility index (Phi) is 2.77. The lowest BCUT2D eigenvalue weighted by Gasteiger charge is -2.10. The summed E-state index contributed by atoms with van der Waals surface area (Å²) in [6, 6.07) is 0. The van der Waals surface area contributed by atoms with Crippen LogP contribution in [-0.4, -0.2) is 30.6 Å². The van der Waals surface area contributed by atoms with Crippen molar-refractivity contribution in [3.63, 3.8) is 0 Å². The van der Waals surface area contributed by atoms with Gasteiger partial charge in [0.25, 0.3) is 0 Å². The third-order valence-electron chi connectivity index (χ3n) is 2.30. The first kappa shape index (κ1) is 9.85. The summed E-state index contributed by atoms with van der Waals surface area (Å²) in [5.74, 6) is -0.404. The van der Waals surface area contributed by atoms with Crippen molar-refractivity contribution in [2.24, 2.45) is 11.7 Å². The molecule has 0 aromatic heterocycles. The summed E-state index contributed by atoms with van der Waals surface area (Å²) < 4.78 is 0. The van der Waals surface area contributed by atoms with Crippen LogP contribution in [0.15, 0.2) is 0 Å². The molecule has 1 aliphatic carbocycles. The highest BCUT2D eigenvalue weighted by molar-refractivity contribution is 5.85. The van der Waals surface area contributed by atoms with E-state index in [-0.39, 0.29) is 18.4 Å². The molecule has 1 saturated carbocycles. The lowest BCUT2D eigenvalue weighted by Crippen LogP contribution is -2.43. The molecular formula is C8H12N2O3. The van der Waals surface area contributed by atoms with E-state index in [9.17, 15) is 14.4 Å². The second-order valence-electron chi connectivity index (χ2n) is 3.21. The van der Waals surface area contributed by atoms with Crippen LogP contribution < -0.4 is 11.1 Å². The van der Waals surface area contributed by atoms with Crippen LogP contribution in [0, 0.1) is 5.92 Å². The zero-order valence-electron chi connectivity index (χ0n) is 7.16. The van der Waals surface area contributed by atoms with Gasteiger partial charge in [-0.05, 0) is 12.3 Å². The van der Waals surface area contributed by atoms with Gasteiger partial charge in [-0.2, -0.15) is 0 Å². The van der Waals surface area contributed by atoms with Gasteiger partial charge in [0.1, 0.15) is 12.6 Å². The van der Waals surface area contributed by atoms with Crippen LogP contribution in [0.3, 0.4) is 0 Å². The number of carbonyl (C=O) groups is 3. The minimum atomic E-state index is -0.808. The summed E-state index contributed by atoms with van der Waals surface area (Å²) in [4.78, 5) is 31.7. The predicted molar refractivity (Wildman–Crippen MR) is 44.8 cm³/mol. The fourth-order valence-electron chi connectivity index (χ4n) is 1.40. The third kappa shape index (κ3) is 1.92. The number of nitrogens with two attached hydrogens (primary N) is 1. The predicted octanol–water partition coefficient (Wildman–Crippen LogP) is -1.39. The van der Waals surface area contributed by atoms with E-state index in [1.807, 2.05) is 0 Å².